The Morgan fingerprint density at radius 1 is 1.38 bits per heavy atom. The molecule has 6 nitrogen and oxygen atoms in total. The van der Waals surface area contributed by atoms with Gasteiger partial charge in [0.2, 0.25) is 5.95 Å². The number of rotatable bonds is 4. The zero-order valence-corrected chi connectivity index (χ0v) is 15.9. The van der Waals surface area contributed by atoms with Crippen LogP contribution in [0, 0.1) is 6.92 Å². The van der Waals surface area contributed by atoms with Gasteiger partial charge in [-0.15, -0.1) is 0 Å². The number of amides is 2. The third kappa shape index (κ3) is 4.43. The number of benzene rings is 1. The van der Waals surface area contributed by atoms with Crippen molar-refractivity contribution in [3.63, 3.8) is 0 Å². The second-order valence-electron chi connectivity index (χ2n) is 6.64. The summed E-state index contributed by atoms with van der Waals surface area (Å²) in [4.78, 5) is 25.1. The van der Waals surface area contributed by atoms with Crippen LogP contribution < -0.4 is 10.2 Å². The summed E-state index contributed by atoms with van der Waals surface area (Å²) in [6.45, 7) is 4.11. The SMILES string of the molecule is Cc1cc(CNC(=O)N(C)[C@@H]2CCCN(c3ncccn3)C2)ccc1Cl. The first-order valence-corrected chi connectivity index (χ1v) is 9.20. The maximum Gasteiger partial charge on any atom is 0.317 e. The Hall–Kier alpha value is -2.34. The number of anilines is 1. The predicted octanol–water partition coefficient (Wildman–Crippen LogP) is 3.25. The molecule has 1 N–H and O–H groups in total. The molecule has 7 heteroatoms. The van der Waals surface area contributed by atoms with Crippen molar-refractivity contribution in [3.05, 3.63) is 52.8 Å². The van der Waals surface area contributed by atoms with Gasteiger partial charge in [-0.2, -0.15) is 0 Å². The van der Waals surface area contributed by atoms with E-state index in [1.807, 2.05) is 38.2 Å². The molecule has 138 valence electrons. The fourth-order valence-electron chi connectivity index (χ4n) is 3.19. The van der Waals surface area contributed by atoms with E-state index in [0.29, 0.717) is 6.54 Å². The van der Waals surface area contributed by atoms with E-state index in [1.165, 1.54) is 0 Å². The van der Waals surface area contributed by atoms with E-state index in [1.54, 1.807) is 17.3 Å². The Bertz CT molecular complexity index is 755. The maximum absolute atomic E-state index is 12.5. The Morgan fingerprint density at radius 3 is 2.88 bits per heavy atom. The molecule has 0 aliphatic carbocycles. The highest BCUT2D eigenvalue weighted by Gasteiger charge is 2.27. The minimum atomic E-state index is -0.0709. The first-order chi connectivity index (χ1) is 12.5. The van der Waals surface area contributed by atoms with Gasteiger partial charge in [0.25, 0.3) is 0 Å². The molecule has 0 spiro atoms. The Labute approximate surface area is 159 Å². The second kappa shape index (κ2) is 8.36. The number of hydrogen-bond donors (Lipinski definition) is 1. The van der Waals surface area contributed by atoms with Crippen LogP contribution in [0.1, 0.15) is 24.0 Å². The molecule has 1 aromatic carbocycles. The molecule has 1 aliphatic heterocycles. The average Bonchev–Trinajstić information content (AvgIpc) is 2.69. The zero-order valence-electron chi connectivity index (χ0n) is 15.2. The lowest BCUT2D eigenvalue weighted by atomic mass is 10.1. The van der Waals surface area contributed by atoms with Crippen molar-refractivity contribution in [1.29, 1.82) is 0 Å². The van der Waals surface area contributed by atoms with Crippen LogP contribution >= 0.6 is 11.6 Å². The number of carbonyl (C=O) groups is 1. The second-order valence-corrected chi connectivity index (χ2v) is 7.05. The minimum Gasteiger partial charge on any atom is -0.339 e. The summed E-state index contributed by atoms with van der Waals surface area (Å²) in [7, 11) is 1.85. The van der Waals surface area contributed by atoms with E-state index in [9.17, 15) is 4.79 Å². The number of piperidine rings is 1. The molecule has 2 heterocycles. The van der Waals surface area contributed by atoms with Crippen molar-refractivity contribution in [3.8, 4) is 0 Å². The molecule has 0 unspecified atom stereocenters. The number of aromatic nitrogens is 2. The number of hydrogen-bond acceptors (Lipinski definition) is 4. The normalized spacial score (nSPS) is 17.0. The van der Waals surface area contributed by atoms with Gasteiger partial charge >= 0.3 is 6.03 Å². The van der Waals surface area contributed by atoms with Gasteiger partial charge in [0.1, 0.15) is 0 Å². The lowest BCUT2D eigenvalue weighted by molar-refractivity contribution is 0.182. The molecule has 0 bridgehead atoms. The van der Waals surface area contributed by atoms with Crippen molar-refractivity contribution in [1.82, 2.24) is 20.2 Å². The first kappa shape index (κ1) is 18.5. The third-order valence-corrected chi connectivity index (χ3v) is 5.19. The molecular formula is C19H24ClN5O. The number of urea groups is 1. The van der Waals surface area contributed by atoms with E-state index < -0.39 is 0 Å². The number of halogens is 1. The van der Waals surface area contributed by atoms with Crippen LogP contribution in [0.15, 0.2) is 36.7 Å². The number of aryl methyl sites for hydroxylation is 1. The number of nitrogens with one attached hydrogen (secondary N) is 1. The summed E-state index contributed by atoms with van der Waals surface area (Å²) < 4.78 is 0. The smallest absolute Gasteiger partial charge is 0.317 e. The van der Waals surface area contributed by atoms with Crippen molar-refractivity contribution in [2.75, 3.05) is 25.0 Å². The Morgan fingerprint density at radius 2 is 2.15 bits per heavy atom. The fraction of sp³-hybridized carbons (Fsp3) is 0.421. The van der Waals surface area contributed by atoms with Gasteiger partial charge in [-0.1, -0.05) is 23.7 Å². The van der Waals surface area contributed by atoms with Crippen LogP contribution in [0.4, 0.5) is 10.7 Å². The van der Waals surface area contributed by atoms with Crippen molar-refractivity contribution in [2.24, 2.45) is 0 Å². The molecule has 3 rings (SSSR count). The molecule has 1 aliphatic rings. The highest BCUT2D eigenvalue weighted by Crippen LogP contribution is 2.19. The highest BCUT2D eigenvalue weighted by molar-refractivity contribution is 6.31. The molecule has 1 atom stereocenters. The summed E-state index contributed by atoms with van der Waals surface area (Å²) in [6, 6.07) is 7.67. The molecule has 1 saturated heterocycles. The van der Waals surface area contributed by atoms with Crippen LogP contribution in [0.2, 0.25) is 5.02 Å². The van der Waals surface area contributed by atoms with Gasteiger partial charge < -0.3 is 15.1 Å². The summed E-state index contributed by atoms with van der Waals surface area (Å²) in [5, 5.41) is 3.73. The summed E-state index contributed by atoms with van der Waals surface area (Å²) in [5.74, 6) is 0.725. The number of nitrogens with zero attached hydrogens (tertiary/aromatic N) is 4. The molecule has 0 radical (unpaired) electrons. The van der Waals surface area contributed by atoms with E-state index >= 15 is 0 Å². The minimum absolute atomic E-state index is 0.0709. The average molecular weight is 374 g/mol. The van der Waals surface area contributed by atoms with Crippen LogP contribution in [0.5, 0.6) is 0 Å². The van der Waals surface area contributed by atoms with Crippen LogP contribution in [0.25, 0.3) is 0 Å². The zero-order chi connectivity index (χ0) is 18.5. The van der Waals surface area contributed by atoms with Gasteiger partial charge in [0, 0.05) is 44.1 Å². The van der Waals surface area contributed by atoms with Gasteiger partial charge in [0.05, 0.1) is 6.04 Å². The number of likely N-dealkylation sites (N-methyl/N-ethyl adjacent to an activating group) is 1. The lowest BCUT2D eigenvalue weighted by Crippen LogP contribution is -2.51. The monoisotopic (exact) mass is 373 g/mol. The Balaban J connectivity index is 1.56. The van der Waals surface area contributed by atoms with Crippen molar-refractivity contribution in [2.45, 2.75) is 32.4 Å². The quantitative estimate of drug-likeness (QED) is 0.893. The molecule has 2 amide bonds. The van der Waals surface area contributed by atoms with Gasteiger partial charge in [-0.3, -0.25) is 0 Å². The maximum atomic E-state index is 12.5. The highest BCUT2D eigenvalue weighted by atomic mass is 35.5. The number of carbonyl (C=O) groups excluding carboxylic acids is 1. The molecule has 26 heavy (non-hydrogen) atoms. The summed E-state index contributed by atoms with van der Waals surface area (Å²) in [6.07, 6.45) is 5.48. The standard InChI is InChI=1S/C19H24ClN5O/c1-14-11-15(6-7-17(14)20)12-23-19(26)24(2)16-5-3-10-25(13-16)18-21-8-4-9-22-18/h4,6-9,11,16H,3,5,10,12-13H2,1-2H3,(H,23,26)/t16-/m1/s1. The summed E-state index contributed by atoms with van der Waals surface area (Å²) in [5.41, 5.74) is 2.05. The van der Waals surface area contributed by atoms with E-state index in [0.717, 1.165) is 48.0 Å². The summed E-state index contributed by atoms with van der Waals surface area (Å²) >= 11 is 6.05. The van der Waals surface area contributed by atoms with Gasteiger partial charge in [0.15, 0.2) is 0 Å². The molecule has 0 saturated carbocycles. The van der Waals surface area contributed by atoms with Crippen molar-refractivity contribution >= 4 is 23.6 Å². The van der Waals surface area contributed by atoms with Gasteiger partial charge in [-0.05, 0) is 43.0 Å². The van der Waals surface area contributed by atoms with E-state index in [-0.39, 0.29) is 12.1 Å². The first-order valence-electron chi connectivity index (χ1n) is 8.82. The predicted molar refractivity (Wildman–Crippen MR) is 103 cm³/mol. The lowest BCUT2D eigenvalue weighted by Gasteiger charge is -2.37. The molecule has 1 aromatic heterocycles. The molecular weight excluding hydrogens is 350 g/mol. The molecule has 1 fully saturated rings. The van der Waals surface area contributed by atoms with E-state index in [4.69, 9.17) is 11.6 Å². The van der Waals surface area contributed by atoms with Crippen LogP contribution in [-0.2, 0) is 6.54 Å². The van der Waals surface area contributed by atoms with Gasteiger partial charge in [-0.25, -0.2) is 14.8 Å². The van der Waals surface area contributed by atoms with E-state index in [2.05, 4.69) is 20.2 Å². The van der Waals surface area contributed by atoms with Crippen LogP contribution in [-0.4, -0.2) is 47.1 Å². The molecule has 2 aromatic rings. The topological polar surface area (TPSA) is 61.4 Å². The third-order valence-electron chi connectivity index (χ3n) is 4.77. The Kier molecular flexibility index (Phi) is 5.93. The van der Waals surface area contributed by atoms with Crippen LogP contribution in [0.3, 0.4) is 0 Å². The largest absolute Gasteiger partial charge is 0.339 e. The van der Waals surface area contributed by atoms with Crippen molar-refractivity contribution < 1.29 is 4.79 Å². The fourth-order valence-corrected chi connectivity index (χ4v) is 3.31.